The molecule has 0 N–H and O–H groups in total. The number of rotatable bonds is 5. The maximum absolute atomic E-state index is 10.8. The fourth-order valence-electron chi connectivity index (χ4n) is 1.71. The van der Waals surface area contributed by atoms with Gasteiger partial charge < -0.3 is 0 Å². The Hall–Kier alpha value is -1.97. The van der Waals surface area contributed by atoms with E-state index in [1.807, 2.05) is 12.1 Å². The van der Waals surface area contributed by atoms with Crippen LogP contribution in [0.25, 0.3) is 5.69 Å². The quantitative estimate of drug-likeness (QED) is 0.740. The third kappa shape index (κ3) is 2.58. The number of aldehydes is 1. The topological polar surface area (TPSA) is 47.8 Å². The number of carbonyl (C=O) groups is 1. The second-order valence-corrected chi connectivity index (χ2v) is 3.96. The zero-order valence-corrected chi connectivity index (χ0v) is 9.84. The minimum absolute atomic E-state index is 0.464. The van der Waals surface area contributed by atoms with Crippen LogP contribution in [0.1, 0.15) is 35.8 Å². The highest BCUT2D eigenvalue weighted by atomic mass is 16.1. The van der Waals surface area contributed by atoms with Gasteiger partial charge in [-0.2, -0.15) is 0 Å². The average molecular weight is 229 g/mol. The van der Waals surface area contributed by atoms with Crippen molar-refractivity contribution in [1.82, 2.24) is 15.0 Å². The van der Waals surface area contributed by atoms with E-state index in [0.29, 0.717) is 5.69 Å². The van der Waals surface area contributed by atoms with Crippen molar-refractivity contribution in [2.24, 2.45) is 0 Å². The molecule has 1 heterocycles. The zero-order valence-electron chi connectivity index (χ0n) is 9.84. The summed E-state index contributed by atoms with van der Waals surface area (Å²) in [5.41, 5.74) is 2.64. The van der Waals surface area contributed by atoms with E-state index in [1.54, 1.807) is 0 Å². The molecule has 4 heteroatoms. The van der Waals surface area contributed by atoms with Crippen molar-refractivity contribution < 1.29 is 4.79 Å². The first-order chi connectivity index (χ1) is 8.35. The molecule has 88 valence electrons. The lowest BCUT2D eigenvalue weighted by Crippen LogP contribution is -2.01. The Balaban J connectivity index is 2.20. The molecule has 1 aromatic heterocycles. The first-order valence-electron chi connectivity index (χ1n) is 5.80. The molecule has 0 bridgehead atoms. The summed E-state index contributed by atoms with van der Waals surface area (Å²) in [7, 11) is 0. The summed E-state index contributed by atoms with van der Waals surface area (Å²) >= 11 is 0. The molecule has 0 atom stereocenters. The molecule has 0 amide bonds. The first-order valence-corrected chi connectivity index (χ1v) is 5.80. The Morgan fingerprint density at radius 3 is 2.71 bits per heavy atom. The molecule has 0 aliphatic heterocycles. The molecule has 0 aliphatic carbocycles. The standard InChI is InChI=1S/C13H15N3O/c1-2-3-4-11-5-7-12(8-6-11)16-13(10-17)9-14-15-16/h5-10H,2-4H2,1H3. The van der Waals surface area contributed by atoms with Crippen LogP contribution in [0.4, 0.5) is 0 Å². The summed E-state index contributed by atoms with van der Waals surface area (Å²) in [5, 5.41) is 7.61. The van der Waals surface area contributed by atoms with Crippen molar-refractivity contribution in [3.8, 4) is 5.69 Å². The molecule has 0 fully saturated rings. The fourth-order valence-corrected chi connectivity index (χ4v) is 1.71. The van der Waals surface area contributed by atoms with Crippen molar-refractivity contribution in [3.05, 3.63) is 41.7 Å². The van der Waals surface area contributed by atoms with Gasteiger partial charge in [-0.15, -0.1) is 5.10 Å². The number of unbranched alkanes of at least 4 members (excludes halogenated alkanes) is 1. The van der Waals surface area contributed by atoms with Crippen LogP contribution < -0.4 is 0 Å². The normalized spacial score (nSPS) is 10.4. The maximum Gasteiger partial charge on any atom is 0.170 e. The molecule has 2 rings (SSSR count). The summed E-state index contributed by atoms with van der Waals surface area (Å²) in [6, 6.07) is 8.07. The van der Waals surface area contributed by atoms with Gasteiger partial charge in [0, 0.05) is 0 Å². The van der Waals surface area contributed by atoms with Crippen LogP contribution in [-0.2, 0) is 6.42 Å². The van der Waals surface area contributed by atoms with Crippen molar-refractivity contribution in [1.29, 1.82) is 0 Å². The largest absolute Gasteiger partial charge is 0.296 e. The lowest BCUT2D eigenvalue weighted by molar-refractivity contribution is 0.111. The smallest absolute Gasteiger partial charge is 0.170 e. The van der Waals surface area contributed by atoms with Crippen molar-refractivity contribution in [3.63, 3.8) is 0 Å². The maximum atomic E-state index is 10.8. The third-order valence-electron chi connectivity index (χ3n) is 2.70. The predicted molar refractivity (Wildman–Crippen MR) is 65.4 cm³/mol. The molecule has 2 aromatic rings. The van der Waals surface area contributed by atoms with Crippen molar-refractivity contribution >= 4 is 6.29 Å². The molecular formula is C13H15N3O. The first kappa shape index (κ1) is 11.5. The van der Waals surface area contributed by atoms with E-state index < -0.39 is 0 Å². The Morgan fingerprint density at radius 1 is 1.29 bits per heavy atom. The number of aromatic nitrogens is 3. The molecule has 17 heavy (non-hydrogen) atoms. The van der Waals surface area contributed by atoms with Gasteiger partial charge in [-0.1, -0.05) is 30.7 Å². The molecule has 0 radical (unpaired) electrons. The third-order valence-corrected chi connectivity index (χ3v) is 2.70. The van der Waals surface area contributed by atoms with Gasteiger partial charge in [-0.05, 0) is 30.5 Å². The average Bonchev–Trinajstić information content (AvgIpc) is 2.85. The van der Waals surface area contributed by atoms with E-state index in [2.05, 4.69) is 29.4 Å². The van der Waals surface area contributed by atoms with Crippen LogP contribution in [0, 0.1) is 0 Å². The lowest BCUT2D eigenvalue weighted by atomic mass is 10.1. The molecule has 0 saturated heterocycles. The van der Waals surface area contributed by atoms with E-state index in [0.717, 1.165) is 18.4 Å². The molecule has 0 unspecified atom stereocenters. The number of nitrogens with zero attached hydrogens (tertiary/aromatic N) is 3. The van der Waals surface area contributed by atoms with Gasteiger partial charge in [0.1, 0.15) is 5.69 Å². The number of hydrogen-bond donors (Lipinski definition) is 0. The summed E-state index contributed by atoms with van der Waals surface area (Å²) in [6.07, 6.45) is 5.69. The highest BCUT2D eigenvalue weighted by Gasteiger charge is 2.04. The minimum atomic E-state index is 0.464. The monoisotopic (exact) mass is 229 g/mol. The second-order valence-electron chi connectivity index (χ2n) is 3.96. The fraction of sp³-hybridized carbons (Fsp3) is 0.308. The Kier molecular flexibility index (Phi) is 3.65. The van der Waals surface area contributed by atoms with Crippen molar-refractivity contribution in [2.45, 2.75) is 26.2 Å². The van der Waals surface area contributed by atoms with E-state index >= 15 is 0 Å². The lowest BCUT2D eigenvalue weighted by Gasteiger charge is -2.04. The predicted octanol–water partition coefficient (Wildman–Crippen LogP) is 2.42. The number of hydrogen-bond acceptors (Lipinski definition) is 3. The zero-order chi connectivity index (χ0) is 12.1. The van der Waals surface area contributed by atoms with Gasteiger partial charge in [0.05, 0.1) is 11.9 Å². The van der Waals surface area contributed by atoms with Gasteiger partial charge in [0.2, 0.25) is 0 Å². The summed E-state index contributed by atoms with van der Waals surface area (Å²) in [4.78, 5) is 10.8. The van der Waals surface area contributed by atoms with Gasteiger partial charge >= 0.3 is 0 Å². The number of aryl methyl sites for hydroxylation is 1. The Morgan fingerprint density at radius 2 is 2.06 bits per heavy atom. The molecule has 0 saturated carbocycles. The highest BCUT2D eigenvalue weighted by molar-refractivity contribution is 5.72. The van der Waals surface area contributed by atoms with Crippen molar-refractivity contribution in [2.75, 3.05) is 0 Å². The number of benzene rings is 1. The van der Waals surface area contributed by atoms with E-state index in [-0.39, 0.29) is 0 Å². The van der Waals surface area contributed by atoms with Gasteiger partial charge in [0.25, 0.3) is 0 Å². The molecule has 0 spiro atoms. The summed E-state index contributed by atoms with van der Waals surface area (Å²) in [5.74, 6) is 0. The second kappa shape index (κ2) is 5.39. The van der Waals surface area contributed by atoms with Crippen LogP contribution in [0.5, 0.6) is 0 Å². The molecular weight excluding hydrogens is 214 g/mol. The van der Waals surface area contributed by atoms with Crippen LogP contribution in [-0.4, -0.2) is 21.3 Å². The summed E-state index contributed by atoms with van der Waals surface area (Å²) < 4.78 is 1.54. The minimum Gasteiger partial charge on any atom is -0.296 e. The van der Waals surface area contributed by atoms with Crippen LogP contribution in [0.3, 0.4) is 0 Å². The molecule has 1 aromatic carbocycles. The van der Waals surface area contributed by atoms with Crippen LogP contribution in [0.2, 0.25) is 0 Å². The summed E-state index contributed by atoms with van der Waals surface area (Å²) in [6.45, 7) is 2.18. The van der Waals surface area contributed by atoms with Crippen LogP contribution in [0.15, 0.2) is 30.5 Å². The van der Waals surface area contributed by atoms with Gasteiger partial charge in [0.15, 0.2) is 6.29 Å². The SMILES string of the molecule is CCCCc1ccc(-n2nncc2C=O)cc1. The Bertz CT molecular complexity index is 488. The van der Waals surface area contributed by atoms with E-state index in [1.165, 1.54) is 29.3 Å². The Labute approximate surface area is 100 Å². The van der Waals surface area contributed by atoms with E-state index in [4.69, 9.17) is 0 Å². The van der Waals surface area contributed by atoms with Gasteiger partial charge in [-0.25, -0.2) is 4.68 Å². The van der Waals surface area contributed by atoms with Gasteiger partial charge in [-0.3, -0.25) is 4.79 Å². The molecule has 0 aliphatic rings. The molecule has 4 nitrogen and oxygen atoms in total. The highest BCUT2D eigenvalue weighted by Crippen LogP contribution is 2.12. The number of carbonyl (C=O) groups excluding carboxylic acids is 1. The van der Waals surface area contributed by atoms with E-state index in [9.17, 15) is 4.79 Å². The van der Waals surface area contributed by atoms with Crippen LogP contribution >= 0.6 is 0 Å².